The van der Waals surface area contributed by atoms with Crippen LogP contribution < -0.4 is 0 Å². The fraction of sp³-hybridized carbons (Fsp3) is 0.933. The summed E-state index contributed by atoms with van der Waals surface area (Å²) in [4.78, 5) is 21.7. The zero-order chi connectivity index (χ0) is 36.2. The number of aliphatic hydroxyl groups is 7. The van der Waals surface area contributed by atoms with Crippen molar-refractivity contribution in [2.45, 2.75) is 86.6 Å². The summed E-state index contributed by atoms with van der Waals surface area (Å²) in [7, 11) is 1.38. The Balaban J connectivity index is 1.54. The van der Waals surface area contributed by atoms with E-state index in [2.05, 4.69) is 0 Å². The second-order valence-electron chi connectivity index (χ2n) is 12.5. The van der Waals surface area contributed by atoms with E-state index in [1.54, 1.807) is 6.92 Å². The minimum atomic E-state index is -1.50. The molecule has 0 aliphatic carbocycles. The van der Waals surface area contributed by atoms with Crippen molar-refractivity contribution in [3.05, 3.63) is 0 Å². The molecular weight excluding hydrogens is 664 g/mol. The van der Waals surface area contributed by atoms with Crippen molar-refractivity contribution in [2.24, 2.45) is 17.8 Å². The van der Waals surface area contributed by atoms with Gasteiger partial charge in [-0.1, -0.05) is 6.92 Å². The fourth-order valence-corrected chi connectivity index (χ4v) is 6.46. The molecule has 0 saturated carbocycles. The van der Waals surface area contributed by atoms with E-state index in [1.165, 1.54) is 7.11 Å². The van der Waals surface area contributed by atoms with Gasteiger partial charge in [-0.3, -0.25) is 0 Å². The Morgan fingerprint density at radius 1 is 0.510 bits per heavy atom. The van der Waals surface area contributed by atoms with Gasteiger partial charge in [0.25, 0.3) is 0 Å². The summed E-state index contributed by atoms with van der Waals surface area (Å²) in [6, 6.07) is 0. The highest BCUT2D eigenvalue weighted by atomic mass is 16.6. The molecule has 0 spiro atoms. The van der Waals surface area contributed by atoms with E-state index in [9.17, 15) is 45.3 Å². The summed E-state index contributed by atoms with van der Waals surface area (Å²) < 4.78 is 44.2. The first kappa shape index (κ1) is 41.8. The summed E-state index contributed by atoms with van der Waals surface area (Å²) in [6.45, 7) is -1.44. The molecule has 19 heteroatoms. The predicted octanol–water partition coefficient (Wildman–Crippen LogP) is -4.41. The lowest BCUT2D eigenvalue weighted by Gasteiger charge is -2.44. The van der Waals surface area contributed by atoms with Crippen LogP contribution in [0.4, 0.5) is 0 Å². The molecule has 3 heterocycles. The van der Waals surface area contributed by atoms with E-state index in [4.69, 9.17) is 48.1 Å². The Hall–Kier alpha value is -1.66. The quantitative estimate of drug-likeness (QED) is 0.0575. The number of ether oxygens (including phenoxy) is 8. The number of carbonyl (C=O) groups is 2. The smallest absolute Gasteiger partial charge is 0.329 e. The molecule has 0 aromatic heterocycles. The second-order valence-corrected chi connectivity index (χ2v) is 12.5. The second kappa shape index (κ2) is 20.4. The van der Waals surface area contributed by atoms with Crippen molar-refractivity contribution < 1.29 is 93.4 Å². The number of aliphatic hydroxyl groups excluding tert-OH is 7. The van der Waals surface area contributed by atoms with Gasteiger partial charge >= 0.3 is 11.9 Å². The summed E-state index contributed by atoms with van der Waals surface area (Å²) >= 11 is 0. The Morgan fingerprint density at radius 3 is 1.29 bits per heavy atom. The van der Waals surface area contributed by atoms with Gasteiger partial charge in [0, 0.05) is 24.9 Å². The summed E-state index contributed by atoms with van der Waals surface area (Å²) in [6.07, 6.45) is -13.5. The van der Waals surface area contributed by atoms with Crippen LogP contribution >= 0.6 is 0 Å². The monoisotopic (exact) mass is 716 g/mol. The lowest BCUT2D eigenvalue weighted by Crippen LogP contribution is -2.59. The summed E-state index contributed by atoms with van der Waals surface area (Å²) in [5.41, 5.74) is 0. The van der Waals surface area contributed by atoms with Gasteiger partial charge in [-0.25, -0.2) is 9.59 Å². The predicted molar refractivity (Wildman–Crippen MR) is 160 cm³/mol. The van der Waals surface area contributed by atoms with Crippen LogP contribution in [0.5, 0.6) is 0 Å². The van der Waals surface area contributed by atoms with E-state index < -0.39 is 123 Å². The molecule has 0 aromatic rings. The molecule has 3 aliphatic rings. The maximum Gasteiger partial charge on any atom is 0.329 e. The van der Waals surface area contributed by atoms with E-state index >= 15 is 0 Å². The van der Waals surface area contributed by atoms with Gasteiger partial charge in [-0.15, -0.1) is 0 Å². The summed E-state index contributed by atoms with van der Waals surface area (Å²) in [5.74, 6) is -4.72. The minimum absolute atomic E-state index is 0.0473. The molecule has 0 radical (unpaired) electrons. The summed E-state index contributed by atoms with van der Waals surface area (Å²) in [5, 5.41) is 92.2. The number of carboxylic acids is 2. The first-order valence-corrected chi connectivity index (χ1v) is 16.2. The molecule has 286 valence electrons. The molecule has 0 amide bonds. The van der Waals surface area contributed by atoms with Crippen molar-refractivity contribution >= 4 is 11.9 Å². The average Bonchev–Trinajstić information content (AvgIpc) is 3.05. The van der Waals surface area contributed by atoms with Crippen LogP contribution in [0.25, 0.3) is 0 Å². The molecule has 49 heavy (non-hydrogen) atoms. The third-order valence-electron chi connectivity index (χ3n) is 9.17. The SMILES string of the molecule is CCC1C(COCC(=O)O)OC(COCC2C(CO)OC(COCC3C(COCC(=O)O)OC(COC)C(O)C3O)C(O)C2O)C(O)C1O. The molecule has 9 N–H and O–H groups in total. The van der Waals surface area contributed by atoms with Crippen LogP contribution in [0.1, 0.15) is 13.3 Å². The zero-order valence-corrected chi connectivity index (χ0v) is 27.5. The Bertz CT molecular complexity index is 987. The lowest BCUT2D eigenvalue weighted by molar-refractivity contribution is -0.248. The number of hydrogen-bond donors (Lipinski definition) is 9. The van der Waals surface area contributed by atoms with E-state index in [-0.39, 0.29) is 46.2 Å². The molecule has 19 nitrogen and oxygen atoms in total. The van der Waals surface area contributed by atoms with Crippen LogP contribution in [-0.4, -0.2) is 204 Å². The fourth-order valence-electron chi connectivity index (χ4n) is 6.46. The molecule has 0 bridgehead atoms. The molecule has 0 aromatic carbocycles. The van der Waals surface area contributed by atoms with E-state index in [0.29, 0.717) is 6.42 Å². The average molecular weight is 717 g/mol. The van der Waals surface area contributed by atoms with Crippen molar-refractivity contribution in [3.63, 3.8) is 0 Å². The number of methoxy groups -OCH3 is 1. The standard InChI is InChI=1S/C30H52O19/c1-3-14-18(8-45-12-23(32)33)48-22(29(40)25(14)36)11-43-5-15-17(4-31)47-21(30(41)26(15)37)10-44-6-16-19(9-46-13-24(34)35)49-20(7-42-2)28(39)27(16)38/h14-22,25-31,36-41H,3-13H2,1-2H3,(H,32,33)(H,34,35). The largest absolute Gasteiger partial charge is 0.480 e. The van der Waals surface area contributed by atoms with Crippen LogP contribution in [0.2, 0.25) is 0 Å². The number of aliphatic carboxylic acids is 2. The first-order chi connectivity index (χ1) is 23.3. The molecule has 3 fully saturated rings. The van der Waals surface area contributed by atoms with Crippen LogP contribution in [-0.2, 0) is 47.5 Å². The molecule has 3 aliphatic heterocycles. The van der Waals surface area contributed by atoms with Gasteiger partial charge in [0.15, 0.2) is 0 Å². The molecule has 15 unspecified atom stereocenters. The highest BCUT2D eigenvalue weighted by Crippen LogP contribution is 2.32. The van der Waals surface area contributed by atoms with E-state index in [1.807, 2.05) is 0 Å². The van der Waals surface area contributed by atoms with Crippen LogP contribution in [0.15, 0.2) is 0 Å². The Kier molecular flexibility index (Phi) is 17.4. The number of rotatable bonds is 20. The third kappa shape index (κ3) is 11.4. The number of hydrogen-bond acceptors (Lipinski definition) is 17. The molecule has 3 saturated heterocycles. The van der Waals surface area contributed by atoms with Gasteiger partial charge < -0.3 is 83.9 Å². The zero-order valence-electron chi connectivity index (χ0n) is 27.5. The molecular formula is C30H52O19. The van der Waals surface area contributed by atoms with Gasteiger partial charge in [0.1, 0.15) is 49.8 Å². The van der Waals surface area contributed by atoms with Crippen molar-refractivity contribution in [1.29, 1.82) is 0 Å². The van der Waals surface area contributed by atoms with Crippen LogP contribution in [0, 0.1) is 17.8 Å². The number of carboxylic acid groups (broad SMARTS) is 2. The van der Waals surface area contributed by atoms with Gasteiger partial charge in [0.2, 0.25) is 0 Å². The maximum atomic E-state index is 10.9. The van der Waals surface area contributed by atoms with Crippen molar-refractivity contribution in [2.75, 3.05) is 73.2 Å². The van der Waals surface area contributed by atoms with Crippen molar-refractivity contribution in [3.8, 4) is 0 Å². The Labute approximate surface area is 283 Å². The van der Waals surface area contributed by atoms with Gasteiger partial charge in [0.05, 0.1) is 89.5 Å². The van der Waals surface area contributed by atoms with Gasteiger partial charge in [-0.05, 0) is 6.42 Å². The topological polar surface area (TPSA) is 290 Å². The highest BCUT2D eigenvalue weighted by molar-refractivity contribution is 5.68. The van der Waals surface area contributed by atoms with Crippen molar-refractivity contribution in [1.82, 2.24) is 0 Å². The lowest BCUT2D eigenvalue weighted by atomic mass is 9.85. The Morgan fingerprint density at radius 2 is 0.878 bits per heavy atom. The minimum Gasteiger partial charge on any atom is -0.480 e. The highest BCUT2D eigenvalue weighted by Gasteiger charge is 2.48. The third-order valence-corrected chi connectivity index (χ3v) is 9.17. The maximum absolute atomic E-state index is 10.9. The normalized spacial score (nSPS) is 39.9. The molecule has 15 atom stereocenters. The van der Waals surface area contributed by atoms with Crippen LogP contribution in [0.3, 0.4) is 0 Å². The van der Waals surface area contributed by atoms with Gasteiger partial charge in [-0.2, -0.15) is 0 Å². The first-order valence-electron chi connectivity index (χ1n) is 16.2. The van der Waals surface area contributed by atoms with E-state index in [0.717, 1.165) is 0 Å². The molecule has 3 rings (SSSR count).